The Balaban J connectivity index is 2.15. The van der Waals surface area contributed by atoms with Gasteiger partial charge in [0.25, 0.3) is 0 Å². The van der Waals surface area contributed by atoms with E-state index in [9.17, 15) is 4.79 Å². The van der Waals surface area contributed by atoms with Crippen LogP contribution in [0.2, 0.25) is 0 Å². The van der Waals surface area contributed by atoms with E-state index in [0.717, 1.165) is 5.92 Å². The van der Waals surface area contributed by atoms with Gasteiger partial charge in [0.2, 0.25) is 5.91 Å². The van der Waals surface area contributed by atoms with Crippen molar-refractivity contribution in [3.8, 4) is 0 Å². The first-order valence-corrected chi connectivity index (χ1v) is 4.68. The smallest absolute Gasteiger partial charge is 0.234 e. The Morgan fingerprint density at radius 2 is 2.25 bits per heavy atom. The topological polar surface area (TPSA) is 41.1 Å². The molecule has 12 heavy (non-hydrogen) atoms. The predicted molar refractivity (Wildman–Crippen MR) is 48.9 cm³/mol. The van der Waals surface area contributed by atoms with E-state index >= 15 is 0 Å². The first-order valence-electron chi connectivity index (χ1n) is 4.68. The molecule has 0 spiro atoms. The zero-order valence-corrected chi connectivity index (χ0v) is 7.89. The zero-order valence-electron chi connectivity index (χ0n) is 7.89. The van der Waals surface area contributed by atoms with E-state index in [1.54, 1.807) is 7.05 Å². The molecule has 1 unspecified atom stereocenters. The van der Waals surface area contributed by atoms with Gasteiger partial charge < -0.3 is 10.6 Å². The standard InChI is InChI=1S/C9H18N2O/c1-7(8-4-3-5-8)11-9(12)6-10-2/h7-8,10H,3-6H2,1-2H3,(H,11,12). The summed E-state index contributed by atoms with van der Waals surface area (Å²) >= 11 is 0. The molecule has 1 rings (SSSR count). The minimum Gasteiger partial charge on any atom is -0.352 e. The fourth-order valence-electron chi connectivity index (χ4n) is 1.52. The Hall–Kier alpha value is -0.570. The van der Waals surface area contributed by atoms with Gasteiger partial charge in [-0.15, -0.1) is 0 Å². The fraction of sp³-hybridized carbons (Fsp3) is 0.889. The van der Waals surface area contributed by atoms with Crippen molar-refractivity contribution in [2.24, 2.45) is 5.92 Å². The molecule has 0 aromatic rings. The van der Waals surface area contributed by atoms with Crippen molar-refractivity contribution in [3.05, 3.63) is 0 Å². The Morgan fingerprint density at radius 1 is 1.58 bits per heavy atom. The van der Waals surface area contributed by atoms with Crippen LogP contribution in [0.25, 0.3) is 0 Å². The van der Waals surface area contributed by atoms with Gasteiger partial charge in [0.05, 0.1) is 6.54 Å². The Morgan fingerprint density at radius 3 is 2.67 bits per heavy atom. The Kier molecular flexibility index (Phi) is 3.53. The van der Waals surface area contributed by atoms with E-state index in [2.05, 4.69) is 17.6 Å². The highest BCUT2D eigenvalue weighted by Gasteiger charge is 2.24. The molecule has 0 aromatic heterocycles. The number of hydrogen-bond acceptors (Lipinski definition) is 2. The third-order valence-corrected chi connectivity index (χ3v) is 2.58. The number of amides is 1. The highest BCUT2D eigenvalue weighted by molar-refractivity contribution is 5.78. The summed E-state index contributed by atoms with van der Waals surface area (Å²) in [5.41, 5.74) is 0. The summed E-state index contributed by atoms with van der Waals surface area (Å²) in [6, 6.07) is 0.361. The first-order chi connectivity index (χ1) is 5.74. The third kappa shape index (κ3) is 2.48. The van der Waals surface area contributed by atoms with Crippen LogP contribution in [0.3, 0.4) is 0 Å². The zero-order chi connectivity index (χ0) is 8.97. The second-order valence-electron chi connectivity index (χ2n) is 3.58. The summed E-state index contributed by atoms with van der Waals surface area (Å²) in [5.74, 6) is 0.836. The maximum atomic E-state index is 11.1. The molecule has 1 saturated carbocycles. The van der Waals surface area contributed by atoms with E-state index in [1.165, 1.54) is 19.3 Å². The van der Waals surface area contributed by atoms with Crippen molar-refractivity contribution in [2.75, 3.05) is 13.6 Å². The van der Waals surface area contributed by atoms with Crippen molar-refractivity contribution in [1.82, 2.24) is 10.6 Å². The van der Waals surface area contributed by atoms with Crippen molar-refractivity contribution in [3.63, 3.8) is 0 Å². The van der Waals surface area contributed by atoms with Gasteiger partial charge in [0.1, 0.15) is 0 Å². The van der Waals surface area contributed by atoms with Crippen LogP contribution in [0.1, 0.15) is 26.2 Å². The van der Waals surface area contributed by atoms with E-state index < -0.39 is 0 Å². The Bertz CT molecular complexity index is 155. The fourth-order valence-corrected chi connectivity index (χ4v) is 1.52. The van der Waals surface area contributed by atoms with E-state index in [4.69, 9.17) is 0 Å². The quantitative estimate of drug-likeness (QED) is 0.645. The summed E-state index contributed by atoms with van der Waals surface area (Å²) in [6.07, 6.45) is 3.89. The second kappa shape index (κ2) is 4.45. The molecule has 70 valence electrons. The molecule has 2 N–H and O–H groups in total. The van der Waals surface area contributed by atoms with Gasteiger partial charge in [-0.2, -0.15) is 0 Å². The molecule has 1 amide bonds. The number of likely N-dealkylation sites (N-methyl/N-ethyl adjacent to an activating group) is 1. The third-order valence-electron chi connectivity index (χ3n) is 2.58. The summed E-state index contributed by atoms with van der Waals surface area (Å²) in [6.45, 7) is 2.52. The van der Waals surface area contributed by atoms with E-state index in [1.807, 2.05) is 0 Å². The molecule has 0 aromatic carbocycles. The van der Waals surface area contributed by atoms with Crippen LogP contribution in [0, 0.1) is 5.92 Å². The second-order valence-corrected chi connectivity index (χ2v) is 3.58. The summed E-state index contributed by atoms with van der Waals surface area (Å²) < 4.78 is 0. The molecule has 0 radical (unpaired) electrons. The summed E-state index contributed by atoms with van der Waals surface area (Å²) in [7, 11) is 1.79. The average Bonchev–Trinajstić information content (AvgIpc) is 1.82. The first kappa shape index (κ1) is 9.52. The monoisotopic (exact) mass is 170 g/mol. The molecule has 1 aliphatic carbocycles. The van der Waals surface area contributed by atoms with Crippen LogP contribution in [0.15, 0.2) is 0 Å². The lowest BCUT2D eigenvalue weighted by molar-refractivity contribution is -0.121. The highest BCUT2D eigenvalue weighted by Crippen LogP contribution is 2.29. The Labute approximate surface area is 73.9 Å². The van der Waals surface area contributed by atoms with Crippen LogP contribution in [-0.4, -0.2) is 25.5 Å². The molecule has 1 atom stereocenters. The number of rotatable bonds is 4. The molecule has 1 fully saturated rings. The van der Waals surface area contributed by atoms with Crippen molar-refractivity contribution in [2.45, 2.75) is 32.2 Å². The van der Waals surface area contributed by atoms with Crippen LogP contribution in [0.4, 0.5) is 0 Å². The lowest BCUT2D eigenvalue weighted by atomic mass is 9.80. The van der Waals surface area contributed by atoms with Gasteiger partial charge in [0.15, 0.2) is 0 Å². The molecule has 3 nitrogen and oxygen atoms in total. The average molecular weight is 170 g/mol. The maximum Gasteiger partial charge on any atom is 0.234 e. The van der Waals surface area contributed by atoms with Gasteiger partial charge in [-0.05, 0) is 32.7 Å². The minimum absolute atomic E-state index is 0.108. The number of carbonyl (C=O) groups excluding carboxylic acids is 1. The van der Waals surface area contributed by atoms with Crippen LogP contribution in [-0.2, 0) is 4.79 Å². The lowest BCUT2D eigenvalue weighted by Crippen LogP contribution is -2.43. The van der Waals surface area contributed by atoms with Crippen molar-refractivity contribution < 1.29 is 4.79 Å². The van der Waals surface area contributed by atoms with E-state index in [-0.39, 0.29) is 5.91 Å². The van der Waals surface area contributed by atoms with Crippen molar-refractivity contribution >= 4 is 5.91 Å². The number of nitrogens with one attached hydrogen (secondary N) is 2. The maximum absolute atomic E-state index is 11.1. The van der Waals surface area contributed by atoms with Gasteiger partial charge in [-0.25, -0.2) is 0 Å². The van der Waals surface area contributed by atoms with Crippen LogP contribution >= 0.6 is 0 Å². The van der Waals surface area contributed by atoms with E-state index in [0.29, 0.717) is 12.6 Å². The molecule has 0 heterocycles. The molecule has 0 aliphatic heterocycles. The molecule has 0 saturated heterocycles. The predicted octanol–water partition coefficient (Wildman–Crippen LogP) is 0.511. The molecule has 0 bridgehead atoms. The van der Waals surface area contributed by atoms with Crippen molar-refractivity contribution in [1.29, 1.82) is 0 Å². The van der Waals surface area contributed by atoms with Crippen LogP contribution < -0.4 is 10.6 Å². The normalized spacial score (nSPS) is 19.8. The van der Waals surface area contributed by atoms with Gasteiger partial charge >= 0.3 is 0 Å². The summed E-state index contributed by atoms with van der Waals surface area (Å²) in [5, 5.41) is 5.82. The SMILES string of the molecule is CNCC(=O)NC(C)C1CCC1. The van der Waals surface area contributed by atoms with Gasteiger partial charge in [-0.1, -0.05) is 6.42 Å². The van der Waals surface area contributed by atoms with Gasteiger partial charge in [-0.3, -0.25) is 4.79 Å². The largest absolute Gasteiger partial charge is 0.352 e. The lowest BCUT2D eigenvalue weighted by Gasteiger charge is -2.31. The molecular weight excluding hydrogens is 152 g/mol. The highest BCUT2D eigenvalue weighted by atomic mass is 16.1. The summed E-state index contributed by atoms with van der Waals surface area (Å²) in [4.78, 5) is 11.1. The molecular formula is C9H18N2O. The number of hydrogen-bond donors (Lipinski definition) is 2. The minimum atomic E-state index is 0.108. The molecule has 1 aliphatic rings. The van der Waals surface area contributed by atoms with Crippen LogP contribution in [0.5, 0.6) is 0 Å². The number of carbonyl (C=O) groups is 1. The van der Waals surface area contributed by atoms with Gasteiger partial charge in [0, 0.05) is 6.04 Å². The molecule has 3 heteroatoms.